The van der Waals surface area contributed by atoms with E-state index in [-0.39, 0.29) is 44.7 Å². The summed E-state index contributed by atoms with van der Waals surface area (Å²) < 4.78 is 10.6. The first-order valence-corrected chi connectivity index (χ1v) is 13.7. The first-order chi connectivity index (χ1) is 18.4. The van der Waals surface area contributed by atoms with E-state index in [0.717, 1.165) is 0 Å². The van der Waals surface area contributed by atoms with E-state index in [1.165, 1.54) is 11.8 Å². The van der Waals surface area contributed by atoms with Crippen molar-refractivity contribution in [3.63, 3.8) is 0 Å². The number of nitrogens with one attached hydrogen (secondary N) is 3. The van der Waals surface area contributed by atoms with Crippen molar-refractivity contribution in [1.82, 2.24) is 20.9 Å². The first kappa shape index (κ1) is 34.8. The summed E-state index contributed by atoms with van der Waals surface area (Å²) in [6, 6.07) is -3.08. The lowest BCUT2D eigenvalue weighted by molar-refractivity contribution is -0.156. The highest BCUT2D eigenvalue weighted by Crippen LogP contribution is 2.18. The maximum Gasteiger partial charge on any atom is 0.306 e. The first-order valence-electron chi connectivity index (χ1n) is 13.7. The van der Waals surface area contributed by atoms with Crippen LogP contribution in [0.5, 0.6) is 0 Å². The van der Waals surface area contributed by atoms with Crippen molar-refractivity contribution >= 4 is 35.6 Å². The molecule has 0 spiro atoms. The van der Waals surface area contributed by atoms with Crippen LogP contribution in [0.1, 0.15) is 87.0 Å². The van der Waals surface area contributed by atoms with Gasteiger partial charge < -0.3 is 36.1 Å². The van der Waals surface area contributed by atoms with Crippen LogP contribution in [0.2, 0.25) is 0 Å². The number of nitrogens with two attached hydrogens (primary N) is 1. The van der Waals surface area contributed by atoms with Gasteiger partial charge in [-0.3, -0.25) is 28.8 Å². The van der Waals surface area contributed by atoms with Crippen LogP contribution >= 0.6 is 0 Å². The van der Waals surface area contributed by atoms with Crippen LogP contribution in [-0.4, -0.2) is 89.4 Å². The van der Waals surface area contributed by atoms with E-state index in [1.807, 2.05) is 0 Å². The molecule has 0 radical (unpaired) electrons. The summed E-state index contributed by atoms with van der Waals surface area (Å²) in [6.07, 6.45) is 0.570. The molecule has 228 valence electrons. The van der Waals surface area contributed by atoms with Crippen molar-refractivity contribution in [2.24, 2.45) is 5.73 Å². The third-order valence-electron chi connectivity index (χ3n) is 5.78. The molecule has 0 aromatic carbocycles. The summed E-state index contributed by atoms with van der Waals surface area (Å²) >= 11 is 0. The molecule has 1 fully saturated rings. The van der Waals surface area contributed by atoms with Crippen molar-refractivity contribution in [2.45, 2.75) is 116 Å². The number of carbonyl (C=O) groups is 6. The molecule has 40 heavy (non-hydrogen) atoms. The number of amides is 4. The molecule has 5 N–H and O–H groups in total. The molecule has 13 nitrogen and oxygen atoms in total. The summed E-state index contributed by atoms with van der Waals surface area (Å²) in [6.45, 7) is 12.4. The van der Waals surface area contributed by atoms with Crippen LogP contribution in [0.25, 0.3) is 0 Å². The number of esters is 2. The zero-order chi connectivity index (χ0) is 30.7. The molecule has 0 bridgehead atoms. The van der Waals surface area contributed by atoms with E-state index in [9.17, 15) is 28.8 Å². The topological polar surface area (TPSA) is 186 Å². The predicted octanol–water partition coefficient (Wildman–Crippen LogP) is 0.286. The molecule has 0 aromatic rings. The van der Waals surface area contributed by atoms with Crippen molar-refractivity contribution in [3.8, 4) is 0 Å². The van der Waals surface area contributed by atoms with Crippen LogP contribution in [0.15, 0.2) is 0 Å². The molecular weight excluding hydrogens is 522 g/mol. The van der Waals surface area contributed by atoms with E-state index < -0.39 is 59.0 Å². The summed E-state index contributed by atoms with van der Waals surface area (Å²) in [7, 11) is 0. The second-order valence-corrected chi connectivity index (χ2v) is 11.8. The summed E-state index contributed by atoms with van der Waals surface area (Å²) in [5, 5.41) is 7.84. The fraction of sp³-hybridized carbons (Fsp3) is 0.778. The summed E-state index contributed by atoms with van der Waals surface area (Å²) in [5.41, 5.74) is 4.02. The Bertz CT molecular complexity index is 925. The lowest BCUT2D eigenvalue weighted by atomic mass is 10.1. The molecule has 3 atom stereocenters. The molecule has 4 amide bonds. The third-order valence-corrected chi connectivity index (χ3v) is 5.78. The van der Waals surface area contributed by atoms with Gasteiger partial charge in [0, 0.05) is 39.4 Å². The minimum Gasteiger partial charge on any atom is -0.460 e. The van der Waals surface area contributed by atoms with Gasteiger partial charge in [0.05, 0.1) is 0 Å². The molecule has 1 aliphatic heterocycles. The molecule has 3 unspecified atom stereocenters. The largest absolute Gasteiger partial charge is 0.460 e. The second kappa shape index (κ2) is 15.5. The highest BCUT2D eigenvalue weighted by molar-refractivity contribution is 5.94. The number of ether oxygens (including phenoxy) is 2. The number of rotatable bonds is 13. The zero-order valence-corrected chi connectivity index (χ0v) is 24.9. The molecule has 0 aromatic heterocycles. The van der Waals surface area contributed by atoms with E-state index in [1.54, 1.807) is 41.5 Å². The Morgan fingerprint density at radius 2 is 1.35 bits per heavy atom. The Morgan fingerprint density at radius 3 is 1.80 bits per heavy atom. The van der Waals surface area contributed by atoms with Crippen LogP contribution < -0.4 is 21.7 Å². The van der Waals surface area contributed by atoms with Gasteiger partial charge in [-0.1, -0.05) is 0 Å². The molecule has 1 saturated heterocycles. The average molecular weight is 570 g/mol. The Hall–Kier alpha value is -3.22. The van der Waals surface area contributed by atoms with Crippen molar-refractivity contribution < 1.29 is 38.2 Å². The lowest BCUT2D eigenvalue weighted by Gasteiger charge is -2.27. The summed E-state index contributed by atoms with van der Waals surface area (Å²) in [5.74, 6) is -3.17. The lowest BCUT2D eigenvalue weighted by Crippen LogP contribution is -2.56. The summed E-state index contributed by atoms with van der Waals surface area (Å²) in [4.78, 5) is 77.3. The zero-order valence-electron chi connectivity index (χ0n) is 24.9. The maximum atomic E-state index is 13.4. The average Bonchev–Trinajstić information content (AvgIpc) is 3.31. The minimum absolute atomic E-state index is 0.0650. The molecule has 1 aliphatic rings. The van der Waals surface area contributed by atoms with Crippen molar-refractivity contribution in [3.05, 3.63) is 0 Å². The Kier molecular flexibility index (Phi) is 13.5. The maximum absolute atomic E-state index is 13.4. The Labute approximate surface area is 236 Å². The quantitative estimate of drug-likeness (QED) is 0.226. The second-order valence-electron chi connectivity index (χ2n) is 11.8. The van der Waals surface area contributed by atoms with Crippen LogP contribution in [0, 0.1) is 0 Å². The number of carbonyl (C=O) groups excluding carboxylic acids is 6. The molecule has 0 saturated carbocycles. The number of likely N-dealkylation sites (tertiary alicyclic amines) is 1. The number of hydrogen-bond donors (Lipinski definition) is 4. The highest BCUT2D eigenvalue weighted by atomic mass is 16.6. The smallest absolute Gasteiger partial charge is 0.306 e. The minimum atomic E-state index is -1.21. The van der Waals surface area contributed by atoms with Gasteiger partial charge in [0.15, 0.2) is 0 Å². The fourth-order valence-electron chi connectivity index (χ4n) is 4.12. The third kappa shape index (κ3) is 13.2. The molecule has 1 heterocycles. The Balaban J connectivity index is 3.08. The number of nitrogens with zero attached hydrogens (tertiary/aromatic N) is 1. The van der Waals surface area contributed by atoms with Gasteiger partial charge in [-0.05, 0) is 67.2 Å². The molecule has 13 heteroatoms. The Morgan fingerprint density at radius 1 is 0.850 bits per heavy atom. The monoisotopic (exact) mass is 569 g/mol. The normalized spacial score (nSPS) is 16.9. The van der Waals surface area contributed by atoms with Gasteiger partial charge in [-0.15, -0.1) is 0 Å². The van der Waals surface area contributed by atoms with Gasteiger partial charge in [0.2, 0.25) is 23.6 Å². The van der Waals surface area contributed by atoms with Gasteiger partial charge in [-0.2, -0.15) is 0 Å². The van der Waals surface area contributed by atoms with Gasteiger partial charge in [-0.25, -0.2) is 0 Å². The molecular formula is C27H47N5O8. The standard InChI is InChI=1S/C27H47N5O8/c1-17(33)32-16-8-9-20(32)25(38)31-19(11-13-22(35)40-27(5,6)7)24(37)30-18(23(36)29-15-14-28)10-12-21(34)39-26(2,3)4/h18-20H,8-16,28H2,1-7H3,(H,29,36)(H,30,37)(H,31,38). The van der Waals surface area contributed by atoms with Crippen molar-refractivity contribution in [1.29, 1.82) is 0 Å². The van der Waals surface area contributed by atoms with E-state index in [4.69, 9.17) is 15.2 Å². The predicted molar refractivity (Wildman–Crippen MR) is 146 cm³/mol. The molecule has 1 rings (SSSR count). The van der Waals surface area contributed by atoms with E-state index >= 15 is 0 Å². The van der Waals surface area contributed by atoms with Crippen LogP contribution in [0.3, 0.4) is 0 Å². The number of hydrogen-bond acceptors (Lipinski definition) is 9. The van der Waals surface area contributed by atoms with Crippen LogP contribution in [-0.2, 0) is 38.2 Å². The molecule has 0 aliphatic carbocycles. The van der Waals surface area contributed by atoms with Gasteiger partial charge in [0.1, 0.15) is 29.3 Å². The van der Waals surface area contributed by atoms with E-state index in [0.29, 0.717) is 19.4 Å². The van der Waals surface area contributed by atoms with Gasteiger partial charge >= 0.3 is 11.9 Å². The fourth-order valence-corrected chi connectivity index (χ4v) is 4.12. The van der Waals surface area contributed by atoms with E-state index in [2.05, 4.69) is 16.0 Å². The van der Waals surface area contributed by atoms with Crippen LogP contribution in [0.4, 0.5) is 0 Å². The SMILES string of the molecule is CC(=O)N1CCCC1C(=O)NC(CCC(=O)OC(C)(C)C)C(=O)NC(CCC(=O)OC(C)(C)C)C(=O)NCCN. The van der Waals surface area contributed by atoms with Gasteiger partial charge in [0.25, 0.3) is 0 Å². The van der Waals surface area contributed by atoms with Crippen molar-refractivity contribution in [2.75, 3.05) is 19.6 Å². The highest BCUT2D eigenvalue weighted by Gasteiger charge is 2.35.